The number of rotatable bonds is 2. The fourth-order valence-corrected chi connectivity index (χ4v) is 2.22. The summed E-state index contributed by atoms with van der Waals surface area (Å²) in [6.07, 6.45) is 2.78. The Bertz CT molecular complexity index is 357. The van der Waals surface area contributed by atoms with Gasteiger partial charge in [0.25, 0.3) is 0 Å². The monoisotopic (exact) mass is 245 g/mol. The van der Waals surface area contributed by atoms with Gasteiger partial charge in [0.15, 0.2) is 0 Å². The predicted octanol–water partition coefficient (Wildman–Crippen LogP) is 1.92. The maximum atomic E-state index is 6.06. The van der Waals surface area contributed by atoms with Crippen LogP contribution in [0.3, 0.4) is 0 Å². The minimum atomic E-state index is 0.295. The third kappa shape index (κ3) is 2.82. The van der Waals surface area contributed by atoms with Gasteiger partial charge in [-0.15, -0.1) is 0 Å². The van der Waals surface area contributed by atoms with E-state index in [2.05, 4.69) is 9.88 Å². The molecule has 0 spiro atoms. The zero-order chi connectivity index (χ0) is 10.8. The van der Waals surface area contributed by atoms with Crippen LogP contribution in [0, 0.1) is 0 Å². The second-order valence-corrected chi connectivity index (χ2v) is 4.68. The van der Waals surface area contributed by atoms with Crippen molar-refractivity contribution in [2.24, 2.45) is 5.73 Å². The van der Waals surface area contributed by atoms with Gasteiger partial charge in [-0.05, 0) is 12.5 Å². The van der Waals surface area contributed by atoms with Gasteiger partial charge in [-0.1, -0.05) is 23.2 Å². The van der Waals surface area contributed by atoms with E-state index in [9.17, 15) is 0 Å². The average Bonchev–Trinajstić information content (AvgIpc) is 2.56. The van der Waals surface area contributed by atoms with E-state index in [1.807, 2.05) is 0 Å². The average molecular weight is 246 g/mol. The molecule has 0 aliphatic carbocycles. The van der Waals surface area contributed by atoms with E-state index in [4.69, 9.17) is 28.9 Å². The van der Waals surface area contributed by atoms with E-state index >= 15 is 0 Å². The Labute approximate surface area is 99.2 Å². The summed E-state index contributed by atoms with van der Waals surface area (Å²) < 4.78 is 0. The summed E-state index contributed by atoms with van der Waals surface area (Å²) in [6, 6.07) is 1.97. The molecule has 1 aromatic heterocycles. The maximum Gasteiger partial charge on any atom is 0.130 e. The highest BCUT2D eigenvalue weighted by atomic mass is 35.5. The lowest BCUT2D eigenvalue weighted by atomic mass is 10.2. The van der Waals surface area contributed by atoms with Gasteiger partial charge in [-0.2, -0.15) is 0 Å². The molecular weight excluding hydrogens is 233 g/mol. The standard InChI is InChI=1S/C10H13Cl2N3/c11-9-3-10(12)14-4-7(9)5-15-2-1-8(13)6-15/h3-4,8H,1-2,5-6,13H2/t8-/m0/s1. The van der Waals surface area contributed by atoms with Crippen molar-refractivity contribution in [1.82, 2.24) is 9.88 Å². The van der Waals surface area contributed by atoms with Gasteiger partial charge < -0.3 is 5.73 Å². The Morgan fingerprint density at radius 3 is 2.93 bits per heavy atom. The number of pyridine rings is 1. The first kappa shape index (κ1) is 11.1. The highest BCUT2D eigenvalue weighted by molar-refractivity contribution is 6.34. The van der Waals surface area contributed by atoms with Crippen molar-refractivity contribution in [1.29, 1.82) is 0 Å². The fourth-order valence-electron chi connectivity index (χ4n) is 1.80. The fraction of sp³-hybridized carbons (Fsp3) is 0.500. The van der Waals surface area contributed by atoms with Gasteiger partial charge in [0.2, 0.25) is 0 Å². The number of nitrogens with two attached hydrogens (primary N) is 1. The van der Waals surface area contributed by atoms with Crippen LogP contribution < -0.4 is 5.73 Å². The second kappa shape index (κ2) is 4.66. The highest BCUT2D eigenvalue weighted by Crippen LogP contribution is 2.21. The molecule has 2 N–H and O–H groups in total. The molecule has 0 bridgehead atoms. The molecule has 0 aromatic carbocycles. The van der Waals surface area contributed by atoms with Crippen LogP contribution in [0.15, 0.2) is 12.3 Å². The molecule has 5 heteroatoms. The van der Waals surface area contributed by atoms with E-state index in [1.165, 1.54) is 0 Å². The van der Waals surface area contributed by atoms with Crippen molar-refractivity contribution in [2.75, 3.05) is 13.1 Å². The maximum absolute atomic E-state index is 6.06. The molecule has 0 unspecified atom stereocenters. The van der Waals surface area contributed by atoms with Gasteiger partial charge in [0.05, 0.1) is 0 Å². The topological polar surface area (TPSA) is 42.1 Å². The summed E-state index contributed by atoms with van der Waals surface area (Å²) in [5.74, 6) is 0. The zero-order valence-corrected chi connectivity index (χ0v) is 9.80. The van der Waals surface area contributed by atoms with Crippen molar-refractivity contribution in [2.45, 2.75) is 19.0 Å². The minimum Gasteiger partial charge on any atom is -0.326 e. The molecule has 3 nitrogen and oxygen atoms in total. The molecule has 1 aliphatic heterocycles. The summed E-state index contributed by atoms with van der Waals surface area (Å²) in [6.45, 7) is 2.76. The Balaban J connectivity index is 2.04. The number of likely N-dealkylation sites (tertiary alicyclic amines) is 1. The SMILES string of the molecule is N[C@H]1CCN(Cc2cnc(Cl)cc2Cl)C1. The lowest BCUT2D eigenvalue weighted by Crippen LogP contribution is -2.26. The number of aromatic nitrogens is 1. The number of nitrogens with zero attached hydrogens (tertiary/aromatic N) is 2. The smallest absolute Gasteiger partial charge is 0.130 e. The number of halogens is 2. The molecule has 2 heterocycles. The Kier molecular flexibility index (Phi) is 3.46. The third-order valence-electron chi connectivity index (χ3n) is 2.60. The van der Waals surface area contributed by atoms with Gasteiger partial charge in [0.1, 0.15) is 5.15 Å². The summed E-state index contributed by atoms with van der Waals surface area (Å²) in [4.78, 5) is 6.30. The molecular formula is C10H13Cl2N3. The normalized spacial score (nSPS) is 22.2. The van der Waals surface area contributed by atoms with Crippen LogP contribution in [0.2, 0.25) is 10.2 Å². The largest absolute Gasteiger partial charge is 0.326 e. The summed E-state index contributed by atoms with van der Waals surface area (Å²) in [7, 11) is 0. The molecule has 1 saturated heterocycles. The molecule has 0 amide bonds. The van der Waals surface area contributed by atoms with Crippen molar-refractivity contribution in [3.05, 3.63) is 28.0 Å². The van der Waals surface area contributed by atoms with Crippen LogP contribution in [0.5, 0.6) is 0 Å². The van der Waals surface area contributed by atoms with Crippen LogP contribution >= 0.6 is 23.2 Å². The van der Waals surface area contributed by atoms with Crippen molar-refractivity contribution >= 4 is 23.2 Å². The van der Waals surface area contributed by atoms with E-state index in [-0.39, 0.29) is 0 Å². The zero-order valence-electron chi connectivity index (χ0n) is 8.29. The summed E-state index contributed by atoms with van der Waals surface area (Å²) >= 11 is 11.8. The number of hydrogen-bond donors (Lipinski definition) is 1. The highest BCUT2D eigenvalue weighted by Gasteiger charge is 2.19. The van der Waals surface area contributed by atoms with E-state index in [1.54, 1.807) is 12.3 Å². The Morgan fingerprint density at radius 1 is 1.53 bits per heavy atom. The summed E-state index contributed by atoms with van der Waals surface area (Å²) in [5.41, 5.74) is 6.84. The first-order valence-corrected chi connectivity index (χ1v) is 5.68. The van der Waals surface area contributed by atoms with Crippen molar-refractivity contribution in [3.8, 4) is 0 Å². The van der Waals surface area contributed by atoms with Crippen molar-refractivity contribution in [3.63, 3.8) is 0 Å². The minimum absolute atomic E-state index is 0.295. The second-order valence-electron chi connectivity index (χ2n) is 3.88. The predicted molar refractivity (Wildman–Crippen MR) is 62.1 cm³/mol. The van der Waals surface area contributed by atoms with Crippen LogP contribution in [0.4, 0.5) is 0 Å². The van der Waals surface area contributed by atoms with E-state index in [0.717, 1.165) is 31.6 Å². The van der Waals surface area contributed by atoms with Gasteiger partial charge in [-0.3, -0.25) is 4.90 Å². The molecule has 2 rings (SSSR count). The quantitative estimate of drug-likeness (QED) is 0.810. The van der Waals surface area contributed by atoms with Gasteiger partial charge in [-0.25, -0.2) is 4.98 Å². The molecule has 1 aliphatic rings. The molecule has 1 atom stereocenters. The lowest BCUT2D eigenvalue weighted by Gasteiger charge is -2.15. The van der Waals surface area contributed by atoms with E-state index in [0.29, 0.717) is 16.2 Å². The first-order chi connectivity index (χ1) is 7.15. The molecule has 0 radical (unpaired) electrons. The molecule has 0 saturated carbocycles. The van der Waals surface area contributed by atoms with Crippen LogP contribution in [0.1, 0.15) is 12.0 Å². The molecule has 15 heavy (non-hydrogen) atoms. The van der Waals surface area contributed by atoms with E-state index < -0.39 is 0 Å². The van der Waals surface area contributed by atoms with Crippen LogP contribution in [-0.4, -0.2) is 29.0 Å². The summed E-state index contributed by atoms with van der Waals surface area (Å²) in [5, 5.41) is 1.11. The molecule has 82 valence electrons. The Morgan fingerprint density at radius 2 is 2.33 bits per heavy atom. The Hall–Kier alpha value is -0.350. The molecule has 1 aromatic rings. The lowest BCUT2D eigenvalue weighted by molar-refractivity contribution is 0.326. The van der Waals surface area contributed by atoms with Gasteiger partial charge in [0, 0.05) is 42.5 Å². The number of hydrogen-bond acceptors (Lipinski definition) is 3. The van der Waals surface area contributed by atoms with Crippen LogP contribution in [-0.2, 0) is 6.54 Å². The van der Waals surface area contributed by atoms with Gasteiger partial charge >= 0.3 is 0 Å². The molecule has 1 fully saturated rings. The third-order valence-corrected chi connectivity index (χ3v) is 3.16. The first-order valence-electron chi connectivity index (χ1n) is 4.93. The van der Waals surface area contributed by atoms with Crippen molar-refractivity contribution < 1.29 is 0 Å². The van der Waals surface area contributed by atoms with Crippen LogP contribution in [0.25, 0.3) is 0 Å².